The van der Waals surface area contributed by atoms with E-state index in [1.165, 1.54) is 13.4 Å². The highest BCUT2D eigenvalue weighted by Crippen LogP contribution is 2.31. The molecular weight excluding hydrogens is 460 g/mol. The summed E-state index contributed by atoms with van der Waals surface area (Å²) in [7, 11) is 1.31. The molecule has 1 aromatic heterocycles. The van der Waals surface area contributed by atoms with E-state index in [1.54, 1.807) is 36.4 Å². The molecule has 1 atom stereocenters. The summed E-state index contributed by atoms with van der Waals surface area (Å²) in [6.45, 7) is -0.0986. The first-order valence-corrected chi connectivity index (χ1v) is 11.7. The zero-order valence-electron chi connectivity index (χ0n) is 19.9. The number of hydrogen-bond donors (Lipinski definition) is 5. The van der Waals surface area contributed by atoms with Gasteiger partial charge in [-0.2, -0.15) is 0 Å². The summed E-state index contributed by atoms with van der Waals surface area (Å²) in [4.78, 5) is 33.3. The SMILES string of the molecule is COC(=O)c1cccc2c(NC(CCO)c3cccc(NC(=O)C(=N)CC(=N)C4CC4)c3)ncnc12. The predicted molar refractivity (Wildman–Crippen MR) is 137 cm³/mol. The second kappa shape index (κ2) is 11.0. The second-order valence-electron chi connectivity index (χ2n) is 8.66. The van der Waals surface area contributed by atoms with Gasteiger partial charge in [-0.15, -0.1) is 0 Å². The Hall–Kier alpha value is -4.18. The van der Waals surface area contributed by atoms with Gasteiger partial charge in [-0.25, -0.2) is 14.8 Å². The molecule has 10 nitrogen and oxygen atoms in total. The number of aliphatic hydroxyl groups is 1. The van der Waals surface area contributed by atoms with E-state index >= 15 is 0 Å². The Balaban J connectivity index is 1.54. The molecule has 1 unspecified atom stereocenters. The number of aliphatic hydroxyl groups excluding tert-OH is 1. The average molecular weight is 489 g/mol. The lowest BCUT2D eigenvalue weighted by molar-refractivity contribution is -0.110. The molecule has 1 saturated carbocycles. The van der Waals surface area contributed by atoms with Crippen LogP contribution in [0.1, 0.15) is 47.6 Å². The molecule has 0 radical (unpaired) electrons. The number of para-hydroxylation sites is 1. The maximum atomic E-state index is 12.5. The summed E-state index contributed by atoms with van der Waals surface area (Å²) < 4.78 is 4.86. The van der Waals surface area contributed by atoms with Crippen molar-refractivity contribution >= 4 is 45.7 Å². The highest BCUT2D eigenvalue weighted by atomic mass is 16.5. The fraction of sp³-hybridized carbons (Fsp3) is 0.308. The number of nitrogens with zero attached hydrogens (tertiary/aromatic N) is 2. The third-order valence-electron chi connectivity index (χ3n) is 6.06. The maximum absolute atomic E-state index is 12.5. The summed E-state index contributed by atoms with van der Waals surface area (Å²) in [5.41, 5.74) is 2.35. The van der Waals surface area contributed by atoms with Crippen molar-refractivity contribution in [3.63, 3.8) is 0 Å². The lowest BCUT2D eigenvalue weighted by Crippen LogP contribution is -2.25. The van der Waals surface area contributed by atoms with Gasteiger partial charge in [0.25, 0.3) is 5.91 Å². The van der Waals surface area contributed by atoms with Crippen molar-refractivity contribution < 1.29 is 19.4 Å². The average Bonchev–Trinajstić information content (AvgIpc) is 3.74. The summed E-state index contributed by atoms with van der Waals surface area (Å²) in [6.07, 6.45) is 3.68. The Morgan fingerprint density at radius 1 is 1.17 bits per heavy atom. The van der Waals surface area contributed by atoms with Gasteiger partial charge in [-0.1, -0.05) is 18.2 Å². The van der Waals surface area contributed by atoms with E-state index in [9.17, 15) is 14.7 Å². The molecule has 5 N–H and O–H groups in total. The van der Waals surface area contributed by atoms with Crippen LogP contribution in [0.3, 0.4) is 0 Å². The van der Waals surface area contributed by atoms with Gasteiger partial charge in [-0.3, -0.25) is 10.2 Å². The number of benzene rings is 2. The van der Waals surface area contributed by atoms with Crippen LogP contribution in [-0.2, 0) is 9.53 Å². The first kappa shape index (κ1) is 24.9. The summed E-state index contributed by atoms with van der Waals surface area (Å²) in [5.74, 6) is -0.341. The summed E-state index contributed by atoms with van der Waals surface area (Å²) in [5, 5.41) is 32.4. The minimum atomic E-state index is -0.540. The number of carbonyl (C=O) groups excluding carboxylic acids is 2. The van der Waals surface area contributed by atoms with Crippen molar-refractivity contribution in [3.05, 3.63) is 59.9 Å². The maximum Gasteiger partial charge on any atom is 0.340 e. The zero-order valence-corrected chi connectivity index (χ0v) is 19.9. The van der Waals surface area contributed by atoms with E-state index in [2.05, 4.69) is 20.6 Å². The number of aromatic nitrogens is 2. The lowest BCUT2D eigenvalue weighted by Gasteiger charge is -2.21. The molecule has 3 aromatic rings. The van der Waals surface area contributed by atoms with Gasteiger partial charge in [0.1, 0.15) is 17.9 Å². The van der Waals surface area contributed by atoms with Crippen LogP contribution in [0.25, 0.3) is 10.9 Å². The van der Waals surface area contributed by atoms with Crippen LogP contribution in [0.4, 0.5) is 11.5 Å². The summed E-state index contributed by atoms with van der Waals surface area (Å²) >= 11 is 0. The number of esters is 1. The number of nitrogens with one attached hydrogen (secondary N) is 4. The minimum absolute atomic E-state index is 0.0548. The number of methoxy groups -OCH3 is 1. The number of ether oxygens (including phenoxy) is 1. The van der Waals surface area contributed by atoms with E-state index in [0.29, 0.717) is 40.1 Å². The quantitative estimate of drug-likeness (QED) is 0.203. The molecule has 1 heterocycles. The third kappa shape index (κ3) is 5.72. The van der Waals surface area contributed by atoms with Crippen molar-refractivity contribution in [1.82, 2.24) is 9.97 Å². The van der Waals surface area contributed by atoms with Crippen LogP contribution in [0.15, 0.2) is 48.8 Å². The van der Waals surface area contributed by atoms with Gasteiger partial charge in [-0.05, 0) is 55.0 Å². The zero-order chi connectivity index (χ0) is 25.7. The first-order chi connectivity index (χ1) is 17.4. The topological polar surface area (TPSA) is 161 Å². The predicted octanol–water partition coefficient (Wildman–Crippen LogP) is 3.73. The Kier molecular flexibility index (Phi) is 7.65. The normalized spacial score (nSPS) is 13.6. The molecule has 0 spiro atoms. The highest BCUT2D eigenvalue weighted by Gasteiger charge is 2.28. The fourth-order valence-electron chi connectivity index (χ4n) is 3.98. The highest BCUT2D eigenvalue weighted by molar-refractivity contribution is 6.44. The summed E-state index contributed by atoms with van der Waals surface area (Å²) in [6, 6.07) is 11.9. The number of anilines is 2. The van der Waals surface area contributed by atoms with Gasteiger partial charge < -0.3 is 25.9 Å². The van der Waals surface area contributed by atoms with E-state index < -0.39 is 11.9 Å². The van der Waals surface area contributed by atoms with Crippen molar-refractivity contribution in [2.45, 2.75) is 31.7 Å². The standard InChI is InChI=1S/C26H28N6O4/c1-36-26(35)19-7-3-6-18-23(19)29-14-30-24(18)32-22(10-11-33)16-4-2-5-17(12-16)31-25(34)21(28)13-20(27)15-8-9-15/h2-7,12,14-15,22,27-28,33H,8-11,13H2,1H3,(H,31,34)(H,29,30,32). The fourth-order valence-corrected chi connectivity index (χ4v) is 3.98. The molecule has 1 amide bonds. The molecule has 0 aliphatic heterocycles. The monoisotopic (exact) mass is 488 g/mol. The van der Waals surface area contributed by atoms with Gasteiger partial charge in [0.15, 0.2) is 0 Å². The third-order valence-corrected chi connectivity index (χ3v) is 6.06. The van der Waals surface area contributed by atoms with Crippen LogP contribution in [0.5, 0.6) is 0 Å². The van der Waals surface area contributed by atoms with E-state index in [-0.39, 0.29) is 30.7 Å². The Morgan fingerprint density at radius 3 is 2.67 bits per heavy atom. The Bertz CT molecular complexity index is 1320. The van der Waals surface area contributed by atoms with Crippen LogP contribution in [-0.4, -0.2) is 52.1 Å². The molecule has 10 heteroatoms. The number of fused-ring (bicyclic) bond motifs is 1. The van der Waals surface area contributed by atoms with Crippen molar-refractivity contribution in [2.75, 3.05) is 24.4 Å². The molecule has 1 aliphatic carbocycles. The van der Waals surface area contributed by atoms with Gasteiger partial charge in [0, 0.05) is 29.8 Å². The second-order valence-corrected chi connectivity index (χ2v) is 8.66. The number of carbonyl (C=O) groups is 2. The van der Waals surface area contributed by atoms with Crippen molar-refractivity contribution in [1.29, 1.82) is 10.8 Å². The van der Waals surface area contributed by atoms with E-state index in [4.69, 9.17) is 15.6 Å². The van der Waals surface area contributed by atoms with E-state index in [1.807, 2.05) is 6.07 Å². The van der Waals surface area contributed by atoms with Gasteiger partial charge in [0.2, 0.25) is 0 Å². The largest absolute Gasteiger partial charge is 0.465 e. The van der Waals surface area contributed by atoms with E-state index in [0.717, 1.165) is 18.4 Å². The molecule has 1 fully saturated rings. The molecule has 36 heavy (non-hydrogen) atoms. The lowest BCUT2D eigenvalue weighted by atomic mass is 10.0. The number of rotatable bonds is 11. The number of hydrogen-bond acceptors (Lipinski definition) is 9. The smallest absolute Gasteiger partial charge is 0.340 e. The first-order valence-electron chi connectivity index (χ1n) is 11.7. The number of amides is 1. The van der Waals surface area contributed by atoms with Crippen LogP contribution in [0, 0.1) is 16.7 Å². The Labute approximate surface area is 208 Å². The minimum Gasteiger partial charge on any atom is -0.465 e. The molecule has 0 saturated heterocycles. The van der Waals surface area contributed by atoms with Crippen molar-refractivity contribution in [3.8, 4) is 0 Å². The van der Waals surface area contributed by atoms with Gasteiger partial charge >= 0.3 is 5.97 Å². The van der Waals surface area contributed by atoms with Crippen LogP contribution in [0.2, 0.25) is 0 Å². The molecular formula is C26H28N6O4. The van der Waals surface area contributed by atoms with Crippen LogP contribution >= 0.6 is 0 Å². The van der Waals surface area contributed by atoms with Crippen LogP contribution < -0.4 is 10.6 Å². The van der Waals surface area contributed by atoms with Crippen molar-refractivity contribution in [2.24, 2.45) is 5.92 Å². The molecule has 2 aromatic carbocycles. The molecule has 1 aliphatic rings. The Morgan fingerprint density at radius 2 is 1.94 bits per heavy atom. The van der Waals surface area contributed by atoms with Gasteiger partial charge in [0.05, 0.1) is 24.2 Å². The molecule has 4 rings (SSSR count). The molecule has 0 bridgehead atoms. The molecule has 186 valence electrons.